The summed E-state index contributed by atoms with van der Waals surface area (Å²) in [5, 5.41) is 11.2. The quantitative estimate of drug-likeness (QED) is 0.450. The van der Waals surface area contributed by atoms with Crippen LogP contribution in [-0.4, -0.2) is 25.3 Å². The molecule has 0 saturated carbocycles. The number of oxime groups is 1. The van der Waals surface area contributed by atoms with Crippen LogP contribution in [0.25, 0.3) is 0 Å². The van der Waals surface area contributed by atoms with E-state index in [1.54, 1.807) is 24.3 Å². The number of benzene rings is 2. The number of ether oxygens (including phenoxy) is 2. The number of alkyl halides is 2. The number of hydrogen-bond donors (Lipinski definition) is 1. The first-order chi connectivity index (χ1) is 12.4. The van der Waals surface area contributed by atoms with Gasteiger partial charge in [0.1, 0.15) is 12.4 Å². The maximum absolute atomic E-state index is 12.4. The van der Waals surface area contributed by atoms with Gasteiger partial charge in [-0.3, -0.25) is 5.41 Å². The summed E-state index contributed by atoms with van der Waals surface area (Å²) in [5.74, 6) is 0.341. The Hall–Kier alpha value is -2.96. The van der Waals surface area contributed by atoms with E-state index in [1.807, 2.05) is 32.0 Å². The van der Waals surface area contributed by atoms with Crippen molar-refractivity contribution in [3.63, 3.8) is 0 Å². The molecule has 0 fully saturated rings. The van der Waals surface area contributed by atoms with E-state index in [2.05, 4.69) is 9.99 Å². The van der Waals surface area contributed by atoms with Gasteiger partial charge >= 0.3 is 6.61 Å². The molecule has 0 radical (unpaired) electrons. The summed E-state index contributed by atoms with van der Waals surface area (Å²) in [6.45, 7) is 0.982. The molecule has 2 aromatic rings. The molecule has 0 spiro atoms. The minimum atomic E-state index is -3.09. The lowest BCUT2D eigenvalue weighted by molar-refractivity contribution is -0.127. The minimum Gasteiger partial charge on any atom is -0.489 e. The lowest BCUT2D eigenvalue weighted by Gasteiger charge is -2.14. The largest absolute Gasteiger partial charge is 0.489 e. The Morgan fingerprint density at radius 2 is 1.88 bits per heavy atom. The summed E-state index contributed by atoms with van der Waals surface area (Å²) >= 11 is 0. The average molecular weight is 362 g/mol. The van der Waals surface area contributed by atoms with Crippen LogP contribution in [0.5, 0.6) is 5.75 Å². The van der Waals surface area contributed by atoms with Gasteiger partial charge in [0.15, 0.2) is 5.71 Å². The molecule has 0 heterocycles. The van der Waals surface area contributed by atoms with Gasteiger partial charge < -0.3 is 14.3 Å². The highest BCUT2D eigenvalue weighted by Gasteiger charge is 2.17. The molecule has 0 aliphatic rings. The highest BCUT2D eigenvalue weighted by atomic mass is 19.3. The zero-order valence-corrected chi connectivity index (χ0v) is 14.8. The van der Waals surface area contributed by atoms with Crippen LogP contribution in [0.4, 0.5) is 8.78 Å². The molecule has 0 amide bonds. The fraction of sp³-hybridized carbons (Fsp3) is 0.263. The molecule has 2 rings (SSSR count). The molecule has 138 valence electrons. The van der Waals surface area contributed by atoms with Crippen LogP contribution in [0.3, 0.4) is 0 Å². The second-order valence-corrected chi connectivity index (χ2v) is 5.55. The Kier molecular flexibility index (Phi) is 6.66. The minimum absolute atomic E-state index is 0.132. The lowest BCUT2D eigenvalue weighted by atomic mass is 10.0. The van der Waals surface area contributed by atoms with Crippen molar-refractivity contribution in [2.45, 2.75) is 27.1 Å². The van der Waals surface area contributed by atoms with Gasteiger partial charge in [-0.2, -0.15) is 8.78 Å². The Labute approximate surface area is 150 Å². The summed E-state index contributed by atoms with van der Waals surface area (Å²) in [6.07, 6.45) is 0. The van der Waals surface area contributed by atoms with Crippen LogP contribution in [0.2, 0.25) is 0 Å². The van der Waals surface area contributed by atoms with Crippen molar-refractivity contribution in [2.24, 2.45) is 5.16 Å². The van der Waals surface area contributed by atoms with Crippen LogP contribution < -0.4 is 4.74 Å². The first-order valence-electron chi connectivity index (χ1n) is 7.85. The first kappa shape index (κ1) is 19.4. The highest BCUT2D eigenvalue weighted by Crippen LogP contribution is 2.22. The second-order valence-electron chi connectivity index (χ2n) is 5.55. The van der Waals surface area contributed by atoms with Gasteiger partial charge in [0.25, 0.3) is 0 Å². The van der Waals surface area contributed by atoms with Crippen molar-refractivity contribution in [1.29, 1.82) is 5.41 Å². The molecule has 0 aromatic heterocycles. The zero-order chi connectivity index (χ0) is 19.1. The van der Waals surface area contributed by atoms with Crippen LogP contribution in [-0.2, 0) is 16.2 Å². The summed E-state index contributed by atoms with van der Waals surface area (Å²) in [5.41, 5.74) is 2.99. The third-order valence-corrected chi connectivity index (χ3v) is 3.64. The SMILES string of the molecule is COC(=N)/C(=N/OC(F)F)c1ccccc1COc1cc(C)ccc1C. The number of nitrogens with zero attached hydrogens (tertiary/aromatic N) is 1. The summed E-state index contributed by atoms with van der Waals surface area (Å²) < 4.78 is 35.4. The monoisotopic (exact) mass is 362 g/mol. The van der Waals surface area contributed by atoms with Crippen molar-refractivity contribution >= 4 is 11.6 Å². The Morgan fingerprint density at radius 1 is 1.15 bits per heavy atom. The van der Waals surface area contributed by atoms with E-state index < -0.39 is 6.61 Å². The molecule has 2 aromatic carbocycles. The van der Waals surface area contributed by atoms with Gasteiger partial charge in [0.2, 0.25) is 5.90 Å². The molecule has 0 aliphatic heterocycles. The number of halogens is 2. The van der Waals surface area contributed by atoms with E-state index in [1.165, 1.54) is 7.11 Å². The number of nitrogens with one attached hydrogen (secondary N) is 1. The highest BCUT2D eigenvalue weighted by molar-refractivity contribution is 6.44. The van der Waals surface area contributed by atoms with Crippen molar-refractivity contribution in [1.82, 2.24) is 0 Å². The molecule has 5 nitrogen and oxygen atoms in total. The van der Waals surface area contributed by atoms with Gasteiger partial charge in [0, 0.05) is 5.56 Å². The van der Waals surface area contributed by atoms with E-state index in [9.17, 15) is 8.78 Å². The number of hydrogen-bond acceptors (Lipinski definition) is 5. The Balaban J connectivity index is 2.31. The predicted molar refractivity (Wildman–Crippen MR) is 95.1 cm³/mol. The van der Waals surface area contributed by atoms with Crippen molar-refractivity contribution in [3.8, 4) is 5.75 Å². The van der Waals surface area contributed by atoms with Crippen LogP contribution >= 0.6 is 0 Å². The van der Waals surface area contributed by atoms with Gasteiger partial charge in [-0.15, -0.1) is 0 Å². The predicted octanol–water partition coefficient (Wildman–Crippen LogP) is 4.45. The molecule has 1 N–H and O–H groups in total. The van der Waals surface area contributed by atoms with E-state index in [-0.39, 0.29) is 18.2 Å². The third-order valence-electron chi connectivity index (χ3n) is 3.64. The molecule has 26 heavy (non-hydrogen) atoms. The maximum Gasteiger partial charge on any atom is 0.407 e. The number of methoxy groups -OCH3 is 1. The van der Waals surface area contributed by atoms with Gasteiger partial charge in [-0.05, 0) is 36.6 Å². The van der Waals surface area contributed by atoms with Crippen molar-refractivity contribution in [3.05, 3.63) is 64.7 Å². The Bertz CT molecular complexity index is 807. The van der Waals surface area contributed by atoms with Gasteiger partial charge in [-0.1, -0.05) is 41.6 Å². The molecule has 7 heteroatoms. The first-order valence-corrected chi connectivity index (χ1v) is 7.85. The molecular weight excluding hydrogens is 342 g/mol. The fourth-order valence-corrected chi connectivity index (χ4v) is 2.30. The number of aryl methyl sites for hydroxylation is 2. The molecule has 0 bridgehead atoms. The fourth-order valence-electron chi connectivity index (χ4n) is 2.30. The van der Waals surface area contributed by atoms with Crippen molar-refractivity contribution < 1.29 is 23.1 Å². The van der Waals surface area contributed by atoms with Gasteiger partial charge in [-0.25, -0.2) is 0 Å². The van der Waals surface area contributed by atoms with E-state index >= 15 is 0 Å². The number of rotatable bonds is 7. The summed E-state index contributed by atoms with van der Waals surface area (Å²) in [6, 6.07) is 12.8. The van der Waals surface area contributed by atoms with Crippen LogP contribution in [0, 0.1) is 19.3 Å². The van der Waals surface area contributed by atoms with Crippen LogP contribution in [0.15, 0.2) is 47.6 Å². The Morgan fingerprint density at radius 3 is 2.58 bits per heavy atom. The third kappa shape index (κ3) is 5.02. The summed E-state index contributed by atoms with van der Waals surface area (Å²) in [4.78, 5) is 4.03. The molecule has 0 saturated heterocycles. The maximum atomic E-state index is 12.4. The normalized spacial score (nSPS) is 11.4. The molecule has 0 unspecified atom stereocenters. The zero-order valence-electron chi connectivity index (χ0n) is 14.8. The lowest BCUT2D eigenvalue weighted by Crippen LogP contribution is -2.20. The molecule has 0 atom stereocenters. The second kappa shape index (κ2) is 8.94. The summed E-state index contributed by atoms with van der Waals surface area (Å²) in [7, 11) is 1.26. The van der Waals surface area contributed by atoms with Gasteiger partial charge in [0.05, 0.1) is 7.11 Å². The van der Waals surface area contributed by atoms with E-state index in [0.29, 0.717) is 11.1 Å². The van der Waals surface area contributed by atoms with E-state index in [0.717, 1.165) is 16.9 Å². The van der Waals surface area contributed by atoms with Crippen molar-refractivity contribution in [2.75, 3.05) is 7.11 Å². The van der Waals surface area contributed by atoms with Crippen LogP contribution in [0.1, 0.15) is 22.3 Å². The topological polar surface area (TPSA) is 63.9 Å². The van der Waals surface area contributed by atoms with E-state index in [4.69, 9.17) is 14.9 Å². The average Bonchev–Trinajstić information content (AvgIpc) is 2.63. The standard InChI is InChI=1S/C19H20F2N2O3/c1-12-8-9-13(2)16(10-12)25-11-14-6-4-5-7-15(14)17(18(22)24-3)23-26-19(20)21/h4-10,19,22H,11H2,1-3H3/b22-18?,23-17+. The molecular formula is C19H20F2N2O3. The molecule has 0 aliphatic carbocycles. The smallest absolute Gasteiger partial charge is 0.407 e.